The maximum Gasteiger partial charge on any atom is 0.410 e. The molecule has 1 aromatic rings. The van der Waals surface area contributed by atoms with E-state index in [-0.39, 0.29) is 11.6 Å². The Morgan fingerprint density at radius 3 is 2.48 bits per heavy atom. The summed E-state index contributed by atoms with van der Waals surface area (Å²) in [6.07, 6.45) is 2.02. The van der Waals surface area contributed by atoms with Crippen LogP contribution in [0, 0.1) is 0 Å². The first kappa shape index (κ1) is 26.2. The highest BCUT2D eigenvalue weighted by Crippen LogP contribution is 2.18. The molecule has 1 rings (SSSR count). The van der Waals surface area contributed by atoms with Gasteiger partial charge in [-0.15, -0.1) is 0 Å². The Labute approximate surface area is 183 Å². The van der Waals surface area contributed by atoms with Crippen LogP contribution in [0.4, 0.5) is 4.79 Å². The van der Waals surface area contributed by atoms with E-state index in [1.54, 1.807) is 13.2 Å². The Balaban J connectivity index is 2.26. The summed E-state index contributed by atoms with van der Waals surface area (Å²) < 4.78 is 15.2. The van der Waals surface area contributed by atoms with Crippen LogP contribution in [0.5, 0.6) is 5.75 Å². The van der Waals surface area contributed by atoms with Gasteiger partial charge in [0, 0.05) is 57.5 Å². The maximum atomic E-state index is 11.9. The van der Waals surface area contributed by atoms with Crippen LogP contribution in [0.15, 0.2) is 12.3 Å². The molecule has 0 aliphatic heterocycles. The third-order valence-electron chi connectivity index (χ3n) is 4.10. The number of hydrogen-bond acceptors (Lipinski definition) is 8. The van der Waals surface area contributed by atoms with Gasteiger partial charge in [-0.3, -0.25) is 4.79 Å². The van der Waals surface area contributed by atoms with Crippen molar-refractivity contribution in [3.8, 4) is 5.75 Å². The van der Waals surface area contributed by atoms with Gasteiger partial charge in [0.15, 0.2) is 5.69 Å². The summed E-state index contributed by atoms with van der Waals surface area (Å²) in [5.74, 6) is -0.0834. The predicted molar refractivity (Wildman–Crippen MR) is 115 cm³/mol. The summed E-state index contributed by atoms with van der Waals surface area (Å²) in [7, 11) is 4.46. The molecule has 0 saturated heterocycles. The van der Waals surface area contributed by atoms with Crippen LogP contribution in [0.25, 0.3) is 0 Å². The van der Waals surface area contributed by atoms with Gasteiger partial charge in [0.1, 0.15) is 11.4 Å². The number of nitrogens with zero attached hydrogens (tertiary/aromatic N) is 2. The Morgan fingerprint density at radius 2 is 1.87 bits per heavy atom. The Bertz CT molecular complexity index is 748. The van der Waals surface area contributed by atoms with Gasteiger partial charge in [-0.05, 0) is 27.2 Å². The molecule has 0 fully saturated rings. The maximum absolute atomic E-state index is 11.9. The molecule has 2 amide bonds. The molecule has 0 saturated carbocycles. The minimum atomic E-state index is -0.542. The van der Waals surface area contributed by atoms with Gasteiger partial charge in [0.05, 0.1) is 14.2 Å². The molecule has 1 aromatic heterocycles. The number of pyridine rings is 1. The van der Waals surface area contributed by atoms with Crippen LogP contribution in [0.3, 0.4) is 0 Å². The standard InChI is InChI=1S/C21H34N4O6/c1-21(2,3)31-20(28)25(4)11-7-8-18(26)23-10-9-22-13-15-14-24-16(19(27)30-6)12-17(15)29-5/h12,14,22H,7-11,13H2,1-6H3,(H,23,26). The number of ether oxygens (including phenoxy) is 3. The molecule has 31 heavy (non-hydrogen) atoms. The van der Waals surface area contributed by atoms with Crippen LogP contribution in [-0.4, -0.2) is 74.4 Å². The largest absolute Gasteiger partial charge is 0.496 e. The zero-order chi connectivity index (χ0) is 23.4. The quantitative estimate of drug-likeness (QED) is 0.396. The van der Waals surface area contributed by atoms with E-state index in [0.29, 0.717) is 44.8 Å². The topological polar surface area (TPSA) is 119 Å². The first-order chi connectivity index (χ1) is 14.6. The van der Waals surface area contributed by atoms with Gasteiger partial charge in [0.2, 0.25) is 5.91 Å². The van der Waals surface area contributed by atoms with E-state index in [2.05, 4.69) is 20.4 Å². The SMILES string of the molecule is COC(=O)c1cc(OC)c(CNCCNC(=O)CCCN(C)C(=O)OC(C)(C)C)cn1. The number of carbonyl (C=O) groups is 3. The molecule has 10 nitrogen and oxygen atoms in total. The zero-order valence-electron chi connectivity index (χ0n) is 19.2. The highest BCUT2D eigenvalue weighted by atomic mass is 16.6. The third kappa shape index (κ3) is 10.1. The highest BCUT2D eigenvalue weighted by molar-refractivity contribution is 5.87. The third-order valence-corrected chi connectivity index (χ3v) is 4.10. The van der Waals surface area contributed by atoms with Crippen molar-refractivity contribution < 1.29 is 28.6 Å². The minimum absolute atomic E-state index is 0.0823. The van der Waals surface area contributed by atoms with Crippen LogP contribution in [0.2, 0.25) is 0 Å². The minimum Gasteiger partial charge on any atom is -0.496 e. The van der Waals surface area contributed by atoms with Crippen LogP contribution in [-0.2, 0) is 20.8 Å². The molecule has 10 heteroatoms. The van der Waals surface area contributed by atoms with Crippen molar-refractivity contribution in [1.29, 1.82) is 0 Å². The fraction of sp³-hybridized carbons (Fsp3) is 0.619. The molecule has 0 aliphatic rings. The molecule has 1 heterocycles. The number of carbonyl (C=O) groups excluding carboxylic acids is 3. The lowest BCUT2D eigenvalue weighted by atomic mass is 10.2. The second kappa shape index (κ2) is 12.7. The average Bonchev–Trinajstić information content (AvgIpc) is 2.71. The van der Waals surface area contributed by atoms with Gasteiger partial charge < -0.3 is 29.7 Å². The van der Waals surface area contributed by atoms with Gasteiger partial charge in [-0.1, -0.05) is 0 Å². The molecule has 0 aliphatic carbocycles. The van der Waals surface area contributed by atoms with Crippen molar-refractivity contribution in [2.24, 2.45) is 0 Å². The summed E-state index contributed by atoms with van der Waals surface area (Å²) in [5, 5.41) is 6.01. The lowest BCUT2D eigenvalue weighted by Crippen LogP contribution is -2.35. The van der Waals surface area contributed by atoms with Crippen LogP contribution in [0.1, 0.15) is 49.7 Å². The zero-order valence-corrected chi connectivity index (χ0v) is 19.2. The summed E-state index contributed by atoms with van der Waals surface area (Å²) in [5.41, 5.74) is 0.415. The van der Waals surface area contributed by atoms with Gasteiger partial charge in [0.25, 0.3) is 0 Å². The first-order valence-electron chi connectivity index (χ1n) is 10.1. The van der Waals surface area contributed by atoms with E-state index in [1.165, 1.54) is 25.2 Å². The Morgan fingerprint density at radius 1 is 1.16 bits per heavy atom. The van der Waals surface area contributed by atoms with E-state index in [0.717, 1.165) is 5.56 Å². The molecule has 2 N–H and O–H groups in total. The van der Waals surface area contributed by atoms with Crippen molar-refractivity contribution >= 4 is 18.0 Å². The molecule has 174 valence electrons. The second-order valence-electron chi connectivity index (χ2n) is 7.91. The van der Waals surface area contributed by atoms with Crippen molar-refractivity contribution in [2.45, 2.75) is 45.8 Å². The molecule has 0 radical (unpaired) electrons. The number of hydrogen-bond donors (Lipinski definition) is 2. The van der Waals surface area contributed by atoms with E-state index in [9.17, 15) is 14.4 Å². The highest BCUT2D eigenvalue weighted by Gasteiger charge is 2.19. The monoisotopic (exact) mass is 438 g/mol. The van der Waals surface area contributed by atoms with Crippen molar-refractivity contribution in [1.82, 2.24) is 20.5 Å². The van der Waals surface area contributed by atoms with E-state index in [1.807, 2.05) is 20.8 Å². The number of nitrogens with one attached hydrogen (secondary N) is 2. The number of aromatic nitrogens is 1. The molecule has 0 aromatic carbocycles. The van der Waals surface area contributed by atoms with E-state index in [4.69, 9.17) is 9.47 Å². The summed E-state index contributed by atoms with van der Waals surface area (Å²) in [6, 6.07) is 1.53. The molecule has 0 unspecified atom stereocenters. The fourth-order valence-electron chi connectivity index (χ4n) is 2.51. The van der Waals surface area contributed by atoms with Crippen molar-refractivity contribution in [2.75, 3.05) is 40.9 Å². The van der Waals surface area contributed by atoms with Gasteiger partial charge in [-0.2, -0.15) is 0 Å². The normalized spacial score (nSPS) is 10.9. The van der Waals surface area contributed by atoms with Gasteiger partial charge in [-0.25, -0.2) is 14.6 Å². The van der Waals surface area contributed by atoms with Gasteiger partial charge >= 0.3 is 12.1 Å². The lowest BCUT2D eigenvalue weighted by molar-refractivity contribution is -0.121. The second-order valence-corrected chi connectivity index (χ2v) is 7.91. The number of amides is 2. The number of methoxy groups -OCH3 is 2. The molecular formula is C21H34N4O6. The molecule has 0 atom stereocenters. The summed E-state index contributed by atoms with van der Waals surface area (Å²) in [4.78, 5) is 40.9. The van der Waals surface area contributed by atoms with E-state index < -0.39 is 17.7 Å². The number of rotatable bonds is 11. The molecular weight excluding hydrogens is 404 g/mol. The van der Waals surface area contributed by atoms with Crippen LogP contribution >= 0.6 is 0 Å². The van der Waals surface area contributed by atoms with Crippen molar-refractivity contribution in [3.05, 3.63) is 23.5 Å². The average molecular weight is 439 g/mol. The van der Waals surface area contributed by atoms with Crippen LogP contribution < -0.4 is 15.4 Å². The Hall–Kier alpha value is -2.88. The Kier molecular flexibility index (Phi) is 10.7. The molecule has 0 spiro atoms. The number of esters is 1. The molecule has 0 bridgehead atoms. The van der Waals surface area contributed by atoms with E-state index >= 15 is 0 Å². The summed E-state index contributed by atoms with van der Waals surface area (Å²) >= 11 is 0. The van der Waals surface area contributed by atoms with Crippen molar-refractivity contribution in [3.63, 3.8) is 0 Å². The fourth-order valence-corrected chi connectivity index (χ4v) is 2.51. The summed E-state index contributed by atoms with van der Waals surface area (Å²) in [6.45, 7) is 7.34. The first-order valence-corrected chi connectivity index (χ1v) is 10.1. The predicted octanol–water partition coefficient (Wildman–Crippen LogP) is 1.73. The smallest absolute Gasteiger partial charge is 0.410 e. The lowest BCUT2D eigenvalue weighted by Gasteiger charge is -2.24.